The van der Waals surface area contributed by atoms with Crippen LogP contribution in [0, 0.1) is 0 Å². The zero-order valence-corrected chi connectivity index (χ0v) is 15.0. The molecule has 1 aliphatic heterocycles. The molecule has 4 rings (SSSR count). The van der Waals surface area contributed by atoms with E-state index >= 15 is 0 Å². The van der Waals surface area contributed by atoms with Crippen LogP contribution in [-0.4, -0.2) is 47.8 Å². The largest absolute Gasteiger partial charge is 0.467 e. The third-order valence-electron chi connectivity index (χ3n) is 4.82. The molecule has 0 aliphatic carbocycles. The van der Waals surface area contributed by atoms with Crippen molar-refractivity contribution in [1.29, 1.82) is 0 Å². The van der Waals surface area contributed by atoms with E-state index in [0.29, 0.717) is 6.01 Å². The first kappa shape index (κ1) is 16.9. The predicted octanol–water partition coefficient (Wildman–Crippen LogP) is 3.08. The molecule has 0 saturated carbocycles. The summed E-state index contributed by atoms with van der Waals surface area (Å²) in [4.78, 5) is 10.8. The van der Waals surface area contributed by atoms with Crippen molar-refractivity contribution in [1.82, 2.24) is 14.9 Å². The quantitative estimate of drug-likeness (QED) is 0.708. The van der Waals surface area contributed by atoms with Gasteiger partial charge in [0.15, 0.2) is 0 Å². The van der Waals surface area contributed by atoms with Crippen molar-refractivity contribution in [3.63, 3.8) is 0 Å². The van der Waals surface area contributed by atoms with Crippen LogP contribution in [0.15, 0.2) is 54.9 Å². The van der Waals surface area contributed by atoms with Crippen LogP contribution in [0.25, 0.3) is 10.8 Å². The molecule has 0 bridgehead atoms. The fraction of sp³-hybridized carbons (Fsp3) is 0.333. The molecular weight excluding hydrogens is 326 g/mol. The van der Waals surface area contributed by atoms with Gasteiger partial charge >= 0.3 is 6.01 Å². The van der Waals surface area contributed by atoms with Gasteiger partial charge in [0.25, 0.3) is 0 Å². The third kappa shape index (κ3) is 3.84. The Labute approximate surface area is 153 Å². The van der Waals surface area contributed by atoms with Gasteiger partial charge in [-0.15, -0.1) is 0 Å². The highest BCUT2D eigenvalue weighted by molar-refractivity contribution is 5.85. The molecule has 0 radical (unpaired) electrons. The Morgan fingerprint density at radius 2 is 1.92 bits per heavy atom. The van der Waals surface area contributed by atoms with Crippen LogP contribution < -0.4 is 4.74 Å². The summed E-state index contributed by atoms with van der Waals surface area (Å²) in [5, 5.41) is 2.60. The van der Waals surface area contributed by atoms with Crippen molar-refractivity contribution >= 4 is 10.8 Å². The van der Waals surface area contributed by atoms with Gasteiger partial charge in [0, 0.05) is 44.0 Å². The van der Waals surface area contributed by atoms with Gasteiger partial charge < -0.3 is 9.47 Å². The topological polar surface area (TPSA) is 47.5 Å². The highest BCUT2D eigenvalue weighted by Crippen LogP contribution is 2.22. The van der Waals surface area contributed by atoms with Crippen molar-refractivity contribution in [2.75, 3.05) is 26.8 Å². The molecule has 0 N–H and O–H groups in total. The van der Waals surface area contributed by atoms with Crippen molar-refractivity contribution in [2.45, 2.75) is 19.1 Å². The monoisotopic (exact) mass is 349 g/mol. The van der Waals surface area contributed by atoms with Crippen LogP contribution in [0.3, 0.4) is 0 Å². The Morgan fingerprint density at radius 3 is 2.77 bits per heavy atom. The average molecular weight is 349 g/mol. The van der Waals surface area contributed by atoms with E-state index in [-0.39, 0.29) is 6.10 Å². The number of nitrogens with zero attached hydrogens (tertiary/aromatic N) is 3. The maximum atomic E-state index is 6.04. The standard InChI is InChI=1S/C21H23N3O2/c1-25-21-22-12-16(13-23-21)14-24-9-10-26-19(15-24)11-18-7-4-6-17-5-2-3-8-20(17)18/h2-8,12-13,19H,9-11,14-15H2,1H3/t19-/m0/s1. The van der Waals surface area contributed by atoms with E-state index in [4.69, 9.17) is 9.47 Å². The van der Waals surface area contributed by atoms with Gasteiger partial charge in [0.2, 0.25) is 0 Å². The van der Waals surface area contributed by atoms with E-state index in [1.165, 1.54) is 16.3 Å². The summed E-state index contributed by atoms with van der Waals surface area (Å²) in [6.45, 7) is 3.43. The Kier molecular flexibility index (Phi) is 5.09. The van der Waals surface area contributed by atoms with E-state index < -0.39 is 0 Å². The molecule has 2 aromatic carbocycles. The predicted molar refractivity (Wildman–Crippen MR) is 101 cm³/mol. The fourth-order valence-electron chi connectivity index (χ4n) is 3.55. The minimum absolute atomic E-state index is 0.203. The summed E-state index contributed by atoms with van der Waals surface area (Å²) in [7, 11) is 1.58. The number of morpholine rings is 1. The molecular formula is C21H23N3O2. The summed E-state index contributed by atoms with van der Waals surface area (Å²) >= 11 is 0. The number of aromatic nitrogens is 2. The summed E-state index contributed by atoms with van der Waals surface area (Å²) in [6.07, 6.45) is 4.80. The number of fused-ring (bicyclic) bond motifs is 1. The van der Waals surface area contributed by atoms with Crippen LogP contribution in [0.5, 0.6) is 6.01 Å². The second-order valence-electron chi connectivity index (χ2n) is 6.65. The minimum atomic E-state index is 0.203. The van der Waals surface area contributed by atoms with Crippen LogP contribution in [-0.2, 0) is 17.7 Å². The van der Waals surface area contributed by atoms with E-state index in [9.17, 15) is 0 Å². The molecule has 0 amide bonds. The van der Waals surface area contributed by atoms with Gasteiger partial charge in [-0.25, -0.2) is 9.97 Å². The van der Waals surface area contributed by atoms with Crippen molar-refractivity contribution < 1.29 is 9.47 Å². The molecule has 1 aliphatic rings. The van der Waals surface area contributed by atoms with Crippen LogP contribution in [0.2, 0.25) is 0 Å². The molecule has 1 atom stereocenters. The SMILES string of the molecule is COc1ncc(CN2CCO[C@@H](Cc3cccc4ccccc34)C2)cn1. The number of hydrogen-bond donors (Lipinski definition) is 0. The lowest BCUT2D eigenvalue weighted by Gasteiger charge is -2.33. The first-order valence-electron chi connectivity index (χ1n) is 8.97. The van der Waals surface area contributed by atoms with Gasteiger partial charge in [-0.05, 0) is 16.3 Å². The van der Waals surface area contributed by atoms with E-state index in [2.05, 4.69) is 57.3 Å². The zero-order valence-electron chi connectivity index (χ0n) is 15.0. The van der Waals surface area contributed by atoms with Gasteiger partial charge in [-0.3, -0.25) is 4.90 Å². The molecule has 1 fully saturated rings. The van der Waals surface area contributed by atoms with Crippen molar-refractivity contribution in [3.05, 3.63) is 66.0 Å². The van der Waals surface area contributed by atoms with Gasteiger partial charge in [0.1, 0.15) is 0 Å². The first-order chi connectivity index (χ1) is 12.8. The normalized spacial score (nSPS) is 18.1. The second-order valence-corrected chi connectivity index (χ2v) is 6.65. The molecule has 0 unspecified atom stereocenters. The summed E-state index contributed by atoms with van der Waals surface area (Å²) < 4.78 is 11.1. The lowest BCUT2D eigenvalue weighted by molar-refractivity contribution is -0.0304. The Balaban J connectivity index is 1.43. The Hall–Kier alpha value is -2.50. The molecule has 2 heterocycles. The summed E-state index contributed by atoms with van der Waals surface area (Å²) in [6, 6.07) is 15.5. The van der Waals surface area contributed by atoms with Crippen LogP contribution in [0.1, 0.15) is 11.1 Å². The lowest BCUT2D eigenvalue weighted by atomic mass is 9.99. The van der Waals surface area contributed by atoms with Crippen molar-refractivity contribution in [3.8, 4) is 6.01 Å². The van der Waals surface area contributed by atoms with Crippen molar-refractivity contribution in [2.24, 2.45) is 0 Å². The molecule has 5 heteroatoms. The third-order valence-corrected chi connectivity index (χ3v) is 4.82. The molecule has 1 aromatic heterocycles. The average Bonchev–Trinajstić information content (AvgIpc) is 2.69. The molecule has 3 aromatic rings. The highest BCUT2D eigenvalue weighted by atomic mass is 16.5. The summed E-state index contributed by atoms with van der Waals surface area (Å²) in [5.74, 6) is 0. The van der Waals surface area contributed by atoms with E-state index in [1.807, 2.05) is 12.4 Å². The molecule has 5 nitrogen and oxygen atoms in total. The Morgan fingerprint density at radius 1 is 1.12 bits per heavy atom. The number of ether oxygens (including phenoxy) is 2. The zero-order chi connectivity index (χ0) is 17.8. The number of hydrogen-bond acceptors (Lipinski definition) is 5. The van der Waals surface area contributed by atoms with Gasteiger partial charge in [-0.2, -0.15) is 0 Å². The number of benzene rings is 2. The molecule has 1 saturated heterocycles. The van der Waals surface area contributed by atoms with Gasteiger partial charge in [-0.1, -0.05) is 42.5 Å². The van der Waals surface area contributed by atoms with Crippen LogP contribution >= 0.6 is 0 Å². The minimum Gasteiger partial charge on any atom is -0.467 e. The summed E-state index contributed by atoms with van der Waals surface area (Å²) in [5.41, 5.74) is 2.44. The van der Waals surface area contributed by atoms with E-state index in [1.54, 1.807) is 7.11 Å². The smallest absolute Gasteiger partial charge is 0.316 e. The molecule has 134 valence electrons. The maximum absolute atomic E-state index is 6.04. The number of methoxy groups -OCH3 is 1. The number of rotatable bonds is 5. The molecule has 26 heavy (non-hydrogen) atoms. The molecule has 0 spiro atoms. The fourth-order valence-corrected chi connectivity index (χ4v) is 3.55. The maximum Gasteiger partial charge on any atom is 0.316 e. The van der Waals surface area contributed by atoms with Crippen LogP contribution in [0.4, 0.5) is 0 Å². The van der Waals surface area contributed by atoms with Gasteiger partial charge in [0.05, 0.1) is 19.8 Å². The second kappa shape index (κ2) is 7.81. The Bertz CT molecular complexity index is 861. The highest BCUT2D eigenvalue weighted by Gasteiger charge is 2.21. The first-order valence-corrected chi connectivity index (χ1v) is 8.97. The van der Waals surface area contributed by atoms with E-state index in [0.717, 1.165) is 38.2 Å². The lowest BCUT2D eigenvalue weighted by Crippen LogP contribution is -2.42.